The van der Waals surface area contributed by atoms with E-state index in [0.29, 0.717) is 18.4 Å². The van der Waals surface area contributed by atoms with Crippen molar-refractivity contribution in [3.05, 3.63) is 46.2 Å². The maximum Gasteiger partial charge on any atom is 0.267 e. The van der Waals surface area contributed by atoms with Crippen LogP contribution in [0.25, 0.3) is 0 Å². The van der Waals surface area contributed by atoms with Crippen molar-refractivity contribution in [3.8, 4) is 11.5 Å². The summed E-state index contributed by atoms with van der Waals surface area (Å²) in [6.07, 6.45) is 2.71. The lowest BCUT2D eigenvalue weighted by atomic mass is 9.99. The van der Waals surface area contributed by atoms with Gasteiger partial charge in [-0.05, 0) is 48.4 Å². The third-order valence-electron chi connectivity index (χ3n) is 5.91. The second-order valence-electron chi connectivity index (χ2n) is 7.51. The molecule has 3 aliphatic rings. The lowest BCUT2D eigenvalue weighted by molar-refractivity contribution is -0.142. The molecule has 0 spiro atoms. The van der Waals surface area contributed by atoms with E-state index in [1.165, 1.54) is 12.0 Å². The van der Waals surface area contributed by atoms with Crippen LogP contribution < -0.4 is 9.47 Å². The molecule has 5 nitrogen and oxygen atoms in total. The SMILES string of the molecule is O=C(C1COc2ccccc2O1)N1CCC(N2CCc3sccc3C2)CC1. The molecule has 27 heavy (non-hydrogen) atoms. The second-order valence-corrected chi connectivity index (χ2v) is 8.51. The summed E-state index contributed by atoms with van der Waals surface area (Å²) in [5.74, 6) is 1.44. The van der Waals surface area contributed by atoms with Crippen LogP contribution in [0.2, 0.25) is 0 Å². The number of para-hydroxylation sites is 2. The average Bonchev–Trinajstić information content (AvgIpc) is 3.21. The molecule has 6 heteroatoms. The van der Waals surface area contributed by atoms with Crippen LogP contribution >= 0.6 is 11.3 Å². The van der Waals surface area contributed by atoms with Gasteiger partial charge in [0.05, 0.1) is 0 Å². The summed E-state index contributed by atoms with van der Waals surface area (Å²) >= 11 is 1.88. The van der Waals surface area contributed by atoms with Gasteiger partial charge in [0.1, 0.15) is 6.61 Å². The Balaban J connectivity index is 1.17. The van der Waals surface area contributed by atoms with Gasteiger partial charge in [-0.25, -0.2) is 0 Å². The molecule has 4 heterocycles. The van der Waals surface area contributed by atoms with Crippen LogP contribution in [0.15, 0.2) is 35.7 Å². The Bertz CT molecular complexity index is 828. The first-order valence-electron chi connectivity index (χ1n) is 9.74. The van der Waals surface area contributed by atoms with Crippen molar-refractivity contribution in [1.29, 1.82) is 0 Å². The van der Waals surface area contributed by atoms with E-state index in [4.69, 9.17) is 9.47 Å². The van der Waals surface area contributed by atoms with Crippen molar-refractivity contribution < 1.29 is 14.3 Å². The van der Waals surface area contributed by atoms with E-state index in [9.17, 15) is 4.79 Å². The number of fused-ring (bicyclic) bond motifs is 2. The topological polar surface area (TPSA) is 42.0 Å². The zero-order valence-corrected chi connectivity index (χ0v) is 16.1. The van der Waals surface area contributed by atoms with E-state index in [1.54, 1.807) is 4.88 Å². The Kier molecular flexibility index (Phi) is 4.53. The molecule has 1 aromatic heterocycles. The highest BCUT2D eigenvalue weighted by Gasteiger charge is 2.34. The average molecular weight is 385 g/mol. The van der Waals surface area contributed by atoms with Crippen LogP contribution in [-0.4, -0.2) is 54.1 Å². The van der Waals surface area contributed by atoms with Gasteiger partial charge >= 0.3 is 0 Å². The molecule has 0 bridgehead atoms. The maximum absolute atomic E-state index is 12.9. The first-order valence-corrected chi connectivity index (χ1v) is 10.6. The van der Waals surface area contributed by atoms with Crippen molar-refractivity contribution in [2.45, 2.75) is 38.0 Å². The van der Waals surface area contributed by atoms with Gasteiger partial charge in [0.25, 0.3) is 5.91 Å². The maximum atomic E-state index is 12.9. The summed E-state index contributed by atoms with van der Waals surface area (Å²) in [6, 6.07) is 10.4. The fourth-order valence-electron chi connectivity index (χ4n) is 4.38. The molecule has 1 saturated heterocycles. The zero-order chi connectivity index (χ0) is 18.2. The van der Waals surface area contributed by atoms with Crippen molar-refractivity contribution in [3.63, 3.8) is 0 Å². The van der Waals surface area contributed by atoms with Gasteiger partial charge < -0.3 is 14.4 Å². The third-order valence-corrected chi connectivity index (χ3v) is 6.94. The monoisotopic (exact) mass is 384 g/mol. The zero-order valence-electron chi connectivity index (χ0n) is 15.3. The molecule has 0 N–H and O–H groups in total. The molecule has 3 aliphatic heterocycles. The number of hydrogen-bond donors (Lipinski definition) is 0. The van der Waals surface area contributed by atoms with Crippen LogP contribution in [0.3, 0.4) is 0 Å². The van der Waals surface area contributed by atoms with Crippen molar-refractivity contribution in [2.24, 2.45) is 0 Å². The minimum Gasteiger partial charge on any atom is -0.485 e. The molecule has 0 radical (unpaired) electrons. The number of likely N-dealkylation sites (tertiary alicyclic amines) is 1. The molecule has 5 rings (SSSR count). The summed E-state index contributed by atoms with van der Waals surface area (Å²) in [6.45, 7) is 4.11. The smallest absolute Gasteiger partial charge is 0.267 e. The molecular formula is C21H24N2O3S. The Morgan fingerprint density at radius 2 is 1.89 bits per heavy atom. The molecular weight excluding hydrogens is 360 g/mol. The Hall–Kier alpha value is -2.05. The number of thiophene rings is 1. The Labute approximate surface area is 163 Å². The molecule has 1 amide bonds. The molecule has 1 aromatic carbocycles. The molecule has 1 fully saturated rings. The standard InChI is InChI=1S/C21H24N2O3S/c24-21(19-14-25-17-3-1-2-4-18(17)26-19)22-9-5-16(6-10-22)23-11-7-20-15(13-23)8-12-27-20/h1-4,8,12,16,19H,5-7,9-11,13-14H2. The van der Waals surface area contributed by atoms with Crippen molar-refractivity contribution in [1.82, 2.24) is 9.80 Å². The third kappa shape index (κ3) is 3.32. The fourth-order valence-corrected chi connectivity index (χ4v) is 5.27. The highest BCUT2D eigenvalue weighted by Crippen LogP contribution is 2.32. The first kappa shape index (κ1) is 17.1. The van der Waals surface area contributed by atoms with Gasteiger partial charge in [0.2, 0.25) is 6.10 Å². The number of benzene rings is 1. The minimum absolute atomic E-state index is 0.0571. The molecule has 0 aliphatic carbocycles. The normalized spacial score (nSPS) is 23.1. The van der Waals surface area contributed by atoms with E-state index in [-0.39, 0.29) is 5.91 Å². The number of hydrogen-bond acceptors (Lipinski definition) is 5. The fraction of sp³-hybridized carbons (Fsp3) is 0.476. The van der Waals surface area contributed by atoms with Gasteiger partial charge in [-0.1, -0.05) is 12.1 Å². The summed E-state index contributed by atoms with van der Waals surface area (Å²) in [4.78, 5) is 19.0. The van der Waals surface area contributed by atoms with Crippen LogP contribution in [-0.2, 0) is 17.8 Å². The predicted molar refractivity (Wildman–Crippen MR) is 104 cm³/mol. The van der Waals surface area contributed by atoms with Crippen molar-refractivity contribution >= 4 is 17.2 Å². The minimum atomic E-state index is -0.528. The number of carbonyl (C=O) groups is 1. The number of piperidine rings is 1. The highest BCUT2D eigenvalue weighted by atomic mass is 32.1. The number of ether oxygens (including phenoxy) is 2. The van der Waals surface area contributed by atoms with Crippen LogP contribution in [0.5, 0.6) is 11.5 Å². The predicted octanol–water partition coefficient (Wildman–Crippen LogP) is 2.94. The second kappa shape index (κ2) is 7.17. The Morgan fingerprint density at radius 1 is 1.07 bits per heavy atom. The highest BCUT2D eigenvalue weighted by molar-refractivity contribution is 7.10. The number of nitrogens with zero attached hydrogens (tertiary/aromatic N) is 2. The largest absolute Gasteiger partial charge is 0.485 e. The van der Waals surface area contributed by atoms with Gasteiger partial charge in [0, 0.05) is 37.1 Å². The number of carbonyl (C=O) groups excluding carboxylic acids is 1. The van der Waals surface area contributed by atoms with E-state index >= 15 is 0 Å². The summed E-state index contributed by atoms with van der Waals surface area (Å²) in [7, 11) is 0. The van der Waals surface area contributed by atoms with Gasteiger partial charge in [0.15, 0.2) is 11.5 Å². The van der Waals surface area contributed by atoms with E-state index in [0.717, 1.165) is 44.8 Å². The van der Waals surface area contributed by atoms with E-state index in [1.807, 2.05) is 40.5 Å². The molecule has 1 atom stereocenters. The lowest BCUT2D eigenvalue weighted by Gasteiger charge is -2.41. The van der Waals surface area contributed by atoms with Crippen LogP contribution in [0.4, 0.5) is 0 Å². The van der Waals surface area contributed by atoms with Crippen molar-refractivity contribution in [2.75, 3.05) is 26.2 Å². The molecule has 1 unspecified atom stereocenters. The summed E-state index contributed by atoms with van der Waals surface area (Å²) in [5.41, 5.74) is 1.50. The number of rotatable bonds is 2. The van der Waals surface area contributed by atoms with Gasteiger partial charge in [-0.2, -0.15) is 0 Å². The molecule has 0 saturated carbocycles. The Morgan fingerprint density at radius 3 is 2.74 bits per heavy atom. The summed E-state index contributed by atoms with van der Waals surface area (Å²) in [5, 5.41) is 2.21. The van der Waals surface area contributed by atoms with Crippen LogP contribution in [0, 0.1) is 0 Å². The van der Waals surface area contributed by atoms with Gasteiger partial charge in [-0.3, -0.25) is 9.69 Å². The van der Waals surface area contributed by atoms with E-state index < -0.39 is 6.10 Å². The first-order chi connectivity index (χ1) is 13.3. The molecule has 2 aromatic rings. The lowest BCUT2D eigenvalue weighted by Crippen LogP contribution is -2.52. The van der Waals surface area contributed by atoms with Crippen LogP contribution in [0.1, 0.15) is 23.3 Å². The quantitative estimate of drug-likeness (QED) is 0.798. The summed E-state index contributed by atoms with van der Waals surface area (Å²) < 4.78 is 11.6. The molecule has 142 valence electrons. The van der Waals surface area contributed by atoms with Gasteiger partial charge in [-0.15, -0.1) is 11.3 Å². The van der Waals surface area contributed by atoms with E-state index in [2.05, 4.69) is 16.3 Å². The number of amides is 1.